The van der Waals surface area contributed by atoms with E-state index in [0.717, 1.165) is 37.2 Å². The zero-order chi connectivity index (χ0) is 19.2. The van der Waals surface area contributed by atoms with Gasteiger partial charge in [-0.25, -0.2) is 4.79 Å². The summed E-state index contributed by atoms with van der Waals surface area (Å²) in [4.78, 5) is 26.6. The molecule has 1 amide bonds. The van der Waals surface area contributed by atoms with Crippen LogP contribution in [0.15, 0.2) is 42.5 Å². The van der Waals surface area contributed by atoms with Gasteiger partial charge in [0.2, 0.25) is 0 Å². The van der Waals surface area contributed by atoms with Crippen LogP contribution in [-0.4, -0.2) is 57.2 Å². The number of hydrogen-bond acceptors (Lipinski definition) is 5. The van der Waals surface area contributed by atoms with E-state index >= 15 is 0 Å². The van der Waals surface area contributed by atoms with Crippen LogP contribution in [0.25, 0.3) is 11.1 Å². The topological polar surface area (TPSA) is 67.9 Å². The number of amides is 1. The summed E-state index contributed by atoms with van der Waals surface area (Å²) < 4.78 is 10.1. The van der Waals surface area contributed by atoms with E-state index < -0.39 is 5.97 Å². The Labute approximate surface area is 159 Å². The molecule has 1 aliphatic rings. The number of carbonyl (C=O) groups is 2. The summed E-state index contributed by atoms with van der Waals surface area (Å²) in [5, 5.41) is 3.31. The van der Waals surface area contributed by atoms with E-state index in [4.69, 9.17) is 9.47 Å². The first kappa shape index (κ1) is 18.9. The van der Waals surface area contributed by atoms with E-state index in [2.05, 4.69) is 5.32 Å². The lowest BCUT2D eigenvalue weighted by molar-refractivity contribution is 0.0596. The zero-order valence-electron chi connectivity index (χ0n) is 15.7. The molecule has 27 heavy (non-hydrogen) atoms. The maximum absolute atomic E-state index is 12.9. The molecule has 1 saturated heterocycles. The molecule has 0 aromatic heterocycles. The molecule has 2 aromatic carbocycles. The molecular weight excluding hydrogens is 344 g/mol. The molecule has 1 aliphatic heterocycles. The van der Waals surface area contributed by atoms with E-state index in [0.29, 0.717) is 23.4 Å². The van der Waals surface area contributed by atoms with Gasteiger partial charge in [0.25, 0.3) is 5.91 Å². The van der Waals surface area contributed by atoms with Crippen molar-refractivity contribution in [2.45, 2.75) is 6.42 Å². The number of nitrogens with zero attached hydrogens (tertiary/aromatic N) is 1. The number of esters is 1. The normalized spacial score (nSPS) is 14.4. The van der Waals surface area contributed by atoms with Crippen LogP contribution in [0.1, 0.15) is 27.1 Å². The van der Waals surface area contributed by atoms with Crippen molar-refractivity contribution in [1.82, 2.24) is 10.2 Å². The first-order valence-corrected chi connectivity index (χ1v) is 9.01. The zero-order valence-corrected chi connectivity index (χ0v) is 15.7. The van der Waals surface area contributed by atoms with Gasteiger partial charge in [0.05, 0.1) is 14.2 Å². The average Bonchev–Trinajstić information content (AvgIpc) is 3.01. The van der Waals surface area contributed by atoms with Gasteiger partial charge in [-0.05, 0) is 48.4 Å². The van der Waals surface area contributed by atoms with E-state index in [9.17, 15) is 9.59 Å². The fourth-order valence-electron chi connectivity index (χ4n) is 3.21. The van der Waals surface area contributed by atoms with Crippen LogP contribution in [0.2, 0.25) is 0 Å². The highest BCUT2D eigenvalue weighted by atomic mass is 16.5. The summed E-state index contributed by atoms with van der Waals surface area (Å²) in [5.74, 6) is 0.0328. The number of methoxy groups -OCH3 is 2. The molecule has 0 spiro atoms. The van der Waals surface area contributed by atoms with E-state index in [1.807, 2.05) is 35.2 Å². The van der Waals surface area contributed by atoms with Crippen molar-refractivity contribution < 1.29 is 19.1 Å². The fourth-order valence-corrected chi connectivity index (χ4v) is 3.21. The summed E-state index contributed by atoms with van der Waals surface area (Å²) in [6, 6.07) is 12.8. The Morgan fingerprint density at radius 1 is 1.00 bits per heavy atom. The minimum atomic E-state index is -0.447. The van der Waals surface area contributed by atoms with Crippen molar-refractivity contribution in [3.8, 4) is 16.9 Å². The second-order valence-electron chi connectivity index (χ2n) is 6.38. The number of carbonyl (C=O) groups excluding carboxylic acids is 2. The molecule has 3 rings (SSSR count). The lowest BCUT2D eigenvalue weighted by Gasteiger charge is -2.20. The van der Waals surface area contributed by atoms with Gasteiger partial charge in [0, 0.05) is 25.2 Å². The molecule has 1 fully saturated rings. The molecule has 2 aromatic rings. The van der Waals surface area contributed by atoms with Crippen LogP contribution >= 0.6 is 0 Å². The van der Waals surface area contributed by atoms with E-state index in [1.165, 1.54) is 14.2 Å². The number of benzene rings is 2. The van der Waals surface area contributed by atoms with E-state index in [-0.39, 0.29) is 5.91 Å². The van der Waals surface area contributed by atoms with Crippen LogP contribution < -0.4 is 10.1 Å². The van der Waals surface area contributed by atoms with Gasteiger partial charge in [-0.3, -0.25) is 4.79 Å². The minimum absolute atomic E-state index is 0.0405. The average molecular weight is 368 g/mol. The Bertz CT molecular complexity index is 827. The summed E-state index contributed by atoms with van der Waals surface area (Å²) in [7, 11) is 2.85. The SMILES string of the molecule is COC(=O)c1ccc(-c2cccc(C(=O)N3CCCNCC3)c2)cc1OC. The molecule has 0 atom stereocenters. The first-order chi connectivity index (χ1) is 13.1. The van der Waals surface area contributed by atoms with Crippen molar-refractivity contribution in [3.63, 3.8) is 0 Å². The number of rotatable bonds is 4. The minimum Gasteiger partial charge on any atom is -0.496 e. The highest BCUT2D eigenvalue weighted by Gasteiger charge is 2.18. The van der Waals surface area contributed by atoms with Gasteiger partial charge in [-0.2, -0.15) is 0 Å². The Balaban J connectivity index is 1.89. The highest BCUT2D eigenvalue weighted by molar-refractivity contribution is 5.96. The monoisotopic (exact) mass is 368 g/mol. The third-order valence-electron chi connectivity index (χ3n) is 4.68. The van der Waals surface area contributed by atoms with Crippen molar-refractivity contribution in [1.29, 1.82) is 0 Å². The molecule has 6 nitrogen and oxygen atoms in total. The summed E-state index contributed by atoms with van der Waals surface area (Å²) in [6.45, 7) is 3.23. The molecule has 6 heteroatoms. The van der Waals surface area contributed by atoms with Crippen LogP contribution in [0.4, 0.5) is 0 Å². The summed E-state index contributed by atoms with van der Waals surface area (Å²) in [5.41, 5.74) is 2.79. The standard InChI is InChI=1S/C21H24N2O4/c1-26-19-14-16(7-8-18(19)21(25)27-2)15-5-3-6-17(13-15)20(24)23-11-4-9-22-10-12-23/h3,5-8,13-14,22H,4,9-12H2,1-2H3. The summed E-state index contributed by atoms with van der Waals surface area (Å²) in [6.07, 6.45) is 0.956. The smallest absolute Gasteiger partial charge is 0.341 e. The molecule has 1 heterocycles. The number of hydrogen-bond donors (Lipinski definition) is 1. The molecule has 0 saturated carbocycles. The van der Waals surface area contributed by atoms with E-state index in [1.54, 1.807) is 12.1 Å². The maximum Gasteiger partial charge on any atom is 0.341 e. The molecule has 0 bridgehead atoms. The van der Waals surface area contributed by atoms with Crippen molar-refractivity contribution in [2.24, 2.45) is 0 Å². The molecule has 0 unspecified atom stereocenters. The predicted molar refractivity (Wildman–Crippen MR) is 103 cm³/mol. The Kier molecular flexibility index (Phi) is 6.08. The number of nitrogens with one attached hydrogen (secondary N) is 1. The maximum atomic E-state index is 12.9. The van der Waals surface area contributed by atoms with Crippen LogP contribution in [0.5, 0.6) is 5.75 Å². The molecule has 142 valence electrons. The Morgan fingerprint density at radius 3 is 2.59 bits per heavy atom. The van der Waals surface area contributed by atoms with Crippen molar-refractivity contribution in [2.75, 3.05) is 40.4 Å². The largest absolute Gasteiger partial charge is 0.496 e. The van der Waals surface area contributed by atoms with Gasteiger partial charge in [-0.15, -0.1) is 0 Å². The van der Waals surface area contributed by atoms with Crippen molar-refractivity contribution >= 4 is 11.9 Å². The van der Waals surface area contributed by atoms with Gasteiger partial charge in [-0.1, -0.05) is 18.2 Å². The van der Waals surface area contributed by atoms with Gasteiger partial charge < -0.3 is 19.7 Å². The highest BCUT2D eigenvalue weighted by Crippen LogP contribution is 2.28. The second kappa shape index (κ2) is 8.68. The van der Waals surface area contributed by atoms with Gasteiger partial charge >= 0.3 is 5.97 Å². The third-order valence-corrected chi connectivity index (χ3v) is 4.68. The lowest BCUT2D eigenvalue weighted by Crippen LogP contribution is -2.34. The molecular formula is C21H24N2O4. The van der Waals surface area contributed by atoms with Crippen molar-refractivity contribution in [3.05, 3.63) is 53.6 Å². The predicted octanol–water partition coefficient (Wildman–Crippen LogP) is 2.58. The second-order valence-corrected chi connectivity index (χ2v) is 6.38. The van der Waals surface area contributed by atoms with Gasteiger partial charge in [0.1, 0.15) is 11.3 Å². The fraction of sp³-hybridized carbons (Fsp3) is 0.333. The first-order valence-electron chi connectivity index (χ1n) is 9.01. The lowest BCUT2D eigenvalue weighted by atomic mass is 10.0. The van der Waals surface area contributed by atoms with Crippen LogP contribution in [-0.2, 0) is 4.74 Å². The number of ether oxygens (including phenoxy) is 2. The Morgan fingerprint density at radius 2 is 1.81 bits per heavy atom. The third kappa shape index (κ3) is 4.28. The van der Waals surface area contributed by atoms with Crippen LogP contribution in [0, 0.1) is 0 Å². The Hall–Kier alpha value is -2.86. The summed E-state index contributed by atoms with van der Waals surface area (Å²) >= 11 is 0. The van der Waals surface area contributed by atoms with Gasteiger partial charge in [0.15, 0.2) is 0 Å². The molecule has 1 N–H and O–H groups in total. The van der Waals surface area contributed by atoms with Crippen LogP contribution in [0.3, 0.4) is 0 Å². The molecule has 0 aliphatic carbocycles. The quantitative estimate of drug-likeness (QED) is 0.840. The molecule has 0 radical (unpaired) electrons.